The summed E-state index contributed by atoms with van der Waals surface area (Å²) >= 11 is 0. The van der Waals surface area contributed by atoms with Crippen molar-refractivity contribution < 1.29 is 23.5 Å². The van der Waals surface area contributed by atoms with Gasteiger partial charge in [0.25, 0.3) is 0 Å². The van der Waals surface area contributed by atoms with Crippen LogP contribution in [0.2, 0.25) is 0 Å². The van der Waals surface area contributed by atoms with Crippen molar-refractivity contribution in [2.75, 3.05) is 19.7 Å². The van der Waals surface area contributed by atoms with E-state index in [0.29, 0.717) is 39.0 Å². The van der Waals surface area contributed by atoms with Crippen LogP contribution in [-0.4, -0.2) is 55.5 Å². The lowest BCUT2D eigenvalue weighted by molar-refractivity contribution is -0.133. The normalized spacial score (nSPS) is 22.0. The second kappa shape index (κ2) is 15.2. The Hall–Kier alpha value is -3.46. The van der Waals surface area contributed by atoms with Gasteiger partial charge in [-0.3, -0.25) is 14.4 Å². The average molecular weight is 541 g/mol. The summed E-state index contributed by atoms with van der Waals surface area (Å²) in [6.45, 7) is 6.84. The molecule has 4 N–H and O–H groups in total. The van der Waals surface area contributed by atoms with E-state index in [1.165, 1.54) is 12.1 Å². The number of carbonyl (C=O) groups excluding carboxylic acids is 3. The fraction of sp³-hybridized carbons (Fsp3) is 0.500. The Morgan fingerprint density at radius 1 is 0.923 bits per heavy atom. The van der Waals surface area contributed by atoms with Crippen LogP contribution in [0.3, 0.4) is 0 Å². The molecule has 0 fully saturated rings. The monoisotopic (exact) mass is 540 g/mol. The summed E-state index contributed by atoms with van der Waals surface area (Å²) in [7, 11) is 0. The van der Waals surface area contributed by atoms with Crippen molar-refractivity contribution in [3.63, 3.8) is 0 Å². The highest BCUT2D eigenvalue weighted by molar-refractivity contribution is 5.93. The third kappa shape index (κ3) is 9.35. The van der Waals surface area contributed by atoms with E-state index in [0.717, 1.165) is 29.7 Å². The summed E-state index contributed by atoms with van der Waals surface area (Å²) < 4.78 is 19.5. The molecular formula is C30H41FN4O4. The van der Waals surface area contributed by atoms with Gasteiger partial charge in [-0.15, -0.1) is 0 Å². The number of halogens is 1. The van der Waals surface area contributed by atoms with Gasteiger partial charge >= 0.3 is 0 Å². The van der Waals surface area contributed by atoms with Crippen LogP contribution in [0.5, 0.6) is 5.75 Å². The maximum absolute atomic E-state index is 13.5. The number of ether oxygens (including phenoxy) is 1. The molecule has 8 nitrogen and oxygen atoms in total. The van der Waals surface area contributed by atoms with Crippen LogP contribution in [-0.2, 0) is 27.2 Å². The Morgan fingerprint density at radius 3 is 2.38 bits per heavy atom. The van der Waals surface area contributed by atoms with E-state index in [9.17, 15) is 18.8 Å². The number of amides is 3. The van der Waals surface area contributed by atoms with Crippen molar-refractivity contribution >= 4 is 17.7 Å². The van der Waals surface area contributed by atoms with Gasteiger partial charge < -0.3 is 26.0 Å². The van der Waals surface area contributed by atoms with Gasteiger partial charge in [0.2, 0.25) is 17.7 Å². The lowest BCUT2D eigenvalue weighted by Crippen LogP contribution is -2.58. The highest BCUT2D eigenvalue weighted by atomic mass is 19.1. The number of carbonyl (C=O) groups is 3. The number of fused-ring (bicyclic) bond motifs is 1. The van der Waals surface area contributed by atoms with Crippen LogP contribution < -0.4 is 26.0 Å². The van der Waals surface area contributed by atoms with E-state index in [1.807, 2.05) is 45.0 Å². The molecule has 0 unspecified atom stereocenters. The highest BCUT2D eigenvalue weighted by Gasteiger charge is 2.30. The first-order valence-electron chi connectivity index (χ1n) is 13.9. The number of nitrogens with one attached hydrogen (secondary N) is 4. The molecule has 2 aromatic carbocycles. The van der Waals surface area contributed by atoms with E-state index in [-0.39, 0.29) is 23.5 Å². The van der Waals surface area contributed by atoms with Gasteiger partial charge in [-0.2, -0.15) is 0 Å². The number of benzene rings is 2. The molecular weight excluding hydrogens is 499 g/mol. The summed E-state index contributed by atoms with van der Waals surface area (Å²) in [5, 5.41) is 11.9. The number of rotatable bonds is 5. The van der Waals surface area contributed by atoms with Crippen LogP contribution in [0.4, 0.5) is 4.39 Å². The first-order valence-corrected chi connectivity index (χ1v) is 13.9. The van der Waals surface area contributed by atoms with Crippen LogP contribution in [0.1, 0.15) is 51.2 Å². The quantitative estimate of drug-likeness (QED) is 0.467. The molecule has 1 aliphatic heterocycles. The van der Waals surface area contributed by atoms with Crippen LogP contribution in [0.15, 0.2) is 48.5 Å². The summed E-state index contributed by atoms with van der Waals surface area (Å²) in [6.07, 6.45) is 2.95. The summed E-state index contributed by atoms with van der Waals surface area (Å²) in [6, 6.07) is 11.6. The van der Waals surface area contributed by atoms with Gasteiger partial charge in [-0.05, 0) is 60.9 Å². The average Bonchev–Trinajstić information content (AvgIpc) is 2.91. The number of hydrogen-bond donors (Lipinski definition) is 4. The molecule has 0 aliphatic carbocycles. The maximum atomic E-state index is 13.5. The summed E-state index contributed by atoms with van der Waals surface area (Å²) in [5.41, 5.74) is 1.81. The predicted molar refractivity (Wildman–Crippen MR) is 149 cm³/mol. The Kier molecular flexibility index (Phi) is 11.7. The van der Waals surface area contributed by atoms with Crippen molar-refractivity contribution in [3.8, 4) is 5.75 Å². The number of aryl methyl sites for hydroxylation is 1. The summed E-state index contributed by atoms with van der Waals surface area (Å²) in [4.78, 5) is 39.7. The topological polar surface area (TPSA) is 109 Å². The lowest BCUT2D eigenvalue weighted by Gasteiger charge is -2.27. The van der Waals surface area contributed by atoms with Gasteiger partial charge in [-0.25, -0.2) is 4.39 Å². The highest BCUT2D eigenvalue weighted by Crippen LogP contribution is 2.19. The van der Waals surface area contributed by atoms with Gasteiger partial charge in [0.1, 0.15) is 30.3 Å². The van der Waals surface area contributed by atoms with Crippen LogP contribution in [0.25, 0.3) is 0 Å². The second-order valence-electron chi connectivity index (χ2n) is 10.3. The Bertz CT molecular complexity index is 1090. The zero-order valence-corrected chi connectivity index (χ0v) is 23.1. The molecule has 3 amide bonds. The predicted octanol–water partition coefficient (Wildman–Crippen LogP) is 2.89. The molecule has 0 spiro atoms. The molecule has 0 radical (unpaired) electrons. The molecule has 1 heterocycles. The number of para-hydroxylation sites is 1. The zero-order valence-electron chi connectivity index (χ0n) is 23.1. The minimum atomic E-state index is -0.829. The smallest absolute Gasteiger partial charge is 0.243 e. The summed E-state index contributed by atoms with van der Waals surface area (Å²) in [5.74, 6) is -0.786. The third-order valence-electron chi connectivity index (χ3n) is 6.77. The van der Waals surface area contributed by atoms with Crippen molar-refractivity contribution in [2.45, 2.75) is 71.0 Å². The van der Waals surface area contributed by atoms with Crippen molar-refractivity contribution in [3.05, 3.63) is 65.5 Å². The minimum absolute atomic E-state index is 0.212. The van der Waals surface area contributed by atoms with Gasteiger partial charge in [0.15, 0.2) is 0 Å². The molecule has 3 atom stereocenters. The minimum Gasteiger partial charge on any atom is -0.492 e. The third-order valence-corrected chi connectivity index (χ3v) is 6.77. The zero-order chi connectivity index (χ0) is 28.2. The number of hydrogen-bond acceptors (Lipinski definition) is 5. The largest absolute Gasteiger partial charge is 0.492 e. The SMILES string of the molecule is CCC[C@@H]1NC(=O)[C@@H](C(C)C)NC(=O)[C@@H](Cc2ccc(F)cc2)NCCOc2ccccc2CCCNC1=O. The molecule has 212 valence electrons. The second-order valence-corrected chi connectivity index (χ2v) is 10.3. The first-order chi connectivity index (χ1) is 18.8. The Labute approximate surface area is 230 Å². The van der Waals surface area contributed by atoms with E-state index in [4.69, 9.17) is 4.74 Å². The maximum Gasteiger partial charge on any atom is 0.243 e. The fourth-order valence-corrected chi connectivity index (χ4v) is 4.58. The van der Waals surface area contributed by atoms with Crippen molar-refractivity contribution in [1.29, 1.82) is 0 Å². The standard InChI is InChI=1S/C30H41FN4O4/c1-4-8-24-28(36)33-16-7-10-22-9-5-6-11-26(22)39-18-17-32-25(19-21-12-14-23(31)15-13-21)29(37)35-27(20(2)3)30(38)34-24/h5-6,9,11-15,20,24-25,27,32H,4,7-8,10,16-19H2,1-3H3,(H,33,36)(H,34,38)(H,35,37)/t24-,25+,27+/m0/s1. The molecule has 0 aromatic heterocycles. The molecule has 0 bridgehead atoms. The molecule has 1 aliphatic rings. The molecule has 39 heavy (non-hydrogen) atoms. The van der Waals surface area contributed by atoms with Crippen LogP contribution >= 0.6 is 0 Å². The van der Waals surface area contributed by atoms with Crippen LogP contribution in [0, 0.1) is 11.7 Å². The van der Waals surface area contributed by atoms with E-state index >= 15 is 0 Å². The lowest BCUT2D eigenvalue weighted by atomic mass is 10.00. The van der Waals surface area contributed by atoms with Gasteiger partial charge in [0.05, 0.1) is 6.04 Å². The molecule has 0 saturated heterocycles. The molecule has 2 aromatic rings. The van der Waals surface area contributed by atoms with Gasteiger partial charge in [-0.1, -0.05) is 57.5 Å². The molecule has 3 rings (SSSR count). The van der Waals surface area contributed by atoms with E-state index in [1.54, 1.807) is 12.1 Å². The first kappa shape index (κ1) is 30.1. The fourth-order valence-electron chi connectivity index (χ4n) is 4.58. The molecule has 0 saturated carbocycles. The molecule has 9 heteroatoms. The van der Waals surface area contributed by atoms with E-state index in [2.05, 4.69) is 21.3 Å². The Balaban J connectivity index is 1.85. The van der Waals surface area contributed by atoms with Crippen molar-refractivity contribution in [1.82, 2.24) is 21.3 Å². The van der Waals surface area contributed by atoms with Crippen molar-refractivity contribution in [2.24, 2.45) is 5.92 Å². The van der Waals surface area contributed by atoms with E-state index < -0.39 is 24.0 Å². The van der Waals surface area contributed by atoms with Gasteiger partial charge in [0, 0.05) is 13.1 Å². The Morgan fingerprint density at radius 2 is 1.67 bits per heavy atom.